The van der Waals surface area contributed by atoms with Crippen molar-refractivity contribution in [3.8, 4) is 22.5 Å². The molecule has 16 heteroatoms. The smallest absolute Gasteiger partial charge is 0.246 e. The van der Waals surface area contributed by atoms with E-state index >= 15 is 0 Å². The number of hydrogen-bond acceptors (Lipinski definition) is 10. The Balaban J connectivity index is 1.36. The van der Waals surface area contributed by atoms with Gasteiger partial charge in [0, 0.05) is 31.7 Å². The molecule has 3 amide bonds. The number of H-pyrrole nitrogens is 1. The van der Waals surface area contributed by atoms with Crippen LogP contribution >= 0.6 is 11.6 Å². The van der Waals surface area contributed by atoms with Crippen molar-refractivity contribution in [1.29, 1.82) is 0 Å². The minimum absolute atomic E-state index is 0.111. The fourth-order valence-corrected chi connectivity index (χ4v) is 5.98. The molecule has 2 aromatic heterocycles. The third kappa shape index (κ3) is 13.3. The predicted molar refractivity (Wildman–Crippen MR) is 204 cm³/mol. The summed E-state index contributed by atoms with van der Waals surface area (Å²) in [5.41, 5.74) is 4.55. The number of imidazole rings is 1. The Morgan fingerprint density at radius 2 is 1.65 bits per heavy atom. The second kappa shape index (κ2) is 22.5. The highest BCUT2D eigenvalue weighted by Crippen LogP contribution is 2.30. The van der Waals surface area contributed by atoms with E-state index in [9.17, 15) is 14.4 Å². The number of nitrogens with one attached hydrogen (secondary N) is 4. The second-order valence-corrected chi connectivity index (χ2v) is 13.4. The monoisotopic (exact) mass is 765 g/mol. The third-order valence-corrected chi connectivity index (χ3v) is 8.68. The fraction of sp³-hybridized carbons (Fsp3) is 0.500. The number of aromatic amines is 1. The second-order valence-electron chi connectivity index (χ2n) is 13.1. The van der Waals surface area contributed by atoms with Crippen molar-refractivity contribution in [2.24, 2.45) is 5.92 Å². The van der Waals surface area contributed by atoms with Crippen LogP contribution in [0.1, 0.15) is 64.0 Å². The van der Waals surface area contributed by atoms with Gasteiger partial charge in [-0.25, -0.2) is 4.98 Å². The summed E-state index contributed by atoms with van der Waals surface area (Å²) in [6.07, 6.45) is 3.05. The van der Waals surface area contributed by atoms with Gasteiger partial charge in [-0.1, -0.05) is 87.3 Å². The lowest BCUT2D eigenvalue weighted by molar-refractivity contribution is -0.134. The van der Waals surface area contributed by atoms with Crippen LogP contribution in [0.25, 0.3) is 22.5 Å². The van der Waals surface area contributed by atoms with E-state index in [1.54, 1.807) is 0 Å². The summed E-state index contributed by atoms with van der Waals surface area (Å²) >= 11 is 6.71. The number of nitrogens with zero attached hydrogens (tertiary/aromatic N) is 5. The molecular weight excluding hydrogens is 714 g/mol. The maximum absolute atomic E-state index is 13.5. The zero-order valence-electron chi connectivity index (χ0n) is 31.5. The van der Waals surface area contributed by atoms with Crippen molar-refractivity contribution in [3.05, 3.63) is 70.8 Å². The van der Waals surface area contributed by atoms with Crippen LogP contribution in [0, 0.1) is 5.92 Å². The van der Waals surface area contributed by atoms with Gasteiger partial charge in [-0.2, -0.15) is 5.21 Å². The number of unbranched alkanes of at least 4 members (excludes halogenated alkanes) is 1. The number of hydrogen-bond donors (Lipinski definition) is 4. The first-order valence-electron chi connectivity index (χ1n) is 18.4. The normalized spacial score (nSPS) is 11.8. The number of benzene rings is 2. The topological polar surface area (TPSA) is 187 Å². The number of aryl methyl sites for hydroxylation is 1. The van der Waals surface area contributed by atoms with Crippen LogP contribution in [0.3, 0.4) is 0 Å². The molecule has 2 heterocycles. The molecule has 4 N–H and O–H groups in total. The molecule has 0 saturated heterocycles. The van der Waals surface area contributed by atoms with Gasteiger partial charge >= 0.3 is 0 Å². The molecule has 2 aromatic carbocycles. The molecule has 54 heavy (non-hydrogen) atoms. The fourth-order valence-electron chi connectivity index (χ4n) is 5.71. The number of carbonyl (C=O) groups excluding carboxylic acids is 3. The SMILES string of the molecule is CCCCc1nc(Cl)c(CNC(=O)C(CC(C)C)NC(=O)COCC(=O)NCCOCCOCC)n1Cc1ccc(-c2ccccc2-c2nn[nH]n2)cc1. The zero-order chi connectivity index (χ0) is 38.7. The van der Waals surface area contributed by atoms with Crippen molar-refractivity contribution < 1.29 is 28.6 Å². The molecule has 0 saturated carbocycles. The Labute approximate surface area is 321 Å². The Kier molecular flexibility index (Phi) is 17.5. The van der Waals surface area contributed by atoms with Gasteiger partial charge in [0.05, 0.1) is 32.1 Å². The van der Waals surface area contributed by atoms with E-state index < -0.39 is 11.9 Å². The number of aromatic nitrogens is 6. The first kappa shape index (κ1) is 42.0. The van der Waals surface area contributed by atoms with Crippen molar-refractivity contribution in [2.75, 3.05) is 46.2 Å². The molecule has 292 valence electrons. The molecular formula is C38H52ClN9O6. The van der Waals surface area contributed by atoms with Crippen LogP contribution in [0.4, 0.5) is 0 Å². The van der Waals surface area contributed by atoms with E-state index in [1.807, 2.05) is 45.0 Å². The van der Waals surface area contributed by atoms with E-state index in [2.05, 4.69) is 77.3 Å². The van der Waals surface area contributed by atoms with Gasteiger partial charge in [-0.05, 0) is 47.6 Å². The average Bonchev–Trinajstić information content (AvgIpc) is 3.80. The number of tetrazole rings is 1. The van der Waals surface area contributed by atoms with Gasteiger partial charge < -0.3 is 34.7 Å². The maximum atomic E-state index is 13.5. The Bertz CT molecular complexity index is 1750. The minimum atomic E-state index is -0.818. The lowest BCUT2D eigenvalue weighted by Crippen LogP contribution is -2.48. The minimum Gasteiger partial charge on any atom is -0.379 e. The van der Waals surface area contributed by atoms with Gasteiger partial charge in [-0.15, -0.1) is 10.2 Å². The van der Waals surface area contributed by atoms with Crippen LogP contribution in [0.2, 0.25) is 5.15 Å². The van der Waals surface area contributed by atoms with Gasteiger partial charge in [0.25, 0.3) is 0 Å². The predicted octanol–water partition coefficient (Wildman–Crippen LogP) is 4.11. The highest BCUT2D eigenvalue weighted by Gasteiger charge is 2.24. The Hall–Kier alpha value is -4.70. The lowest BCUT2D eigenvalue weighted by atomic mass is 9.98. The molecule has 4 rings (SSSR count). The first-order chi connectivity index (χ1) is 26.2. The Morgan fingerprint density at radius 1 is 0.907 bits per heavy atom. The van der Waals surface area contributed by atoms with Crippen LogP contribution in [-0.4, -0.2) is 100 Å². The van der Waals surface area contributed by atoms with Crippen LogP contribution in [0.5, 0.6) is 0 Å². The first-order valence-corrected chi connectivity index (χ1v) is 18.8. The van der Waals surface area contributed by atoms with Gasteiger partial charge in [0.1, 0.15) is 25.1 Å². The zero-order valence-corrected chi connectivity index (χ0v) is 32.3. The summed E-state index contributed by atoms with van der Waals surface area (Å²) in [5.74, 6) is 0.227. The van der Waals surface area contributed by atoms with Crippen molar-refractivity contribution in [1.82, 2.24) is 46.1 Å². The summed E-state index contributed by atoms with van der Waals surface area (Å²) < 4.78 is 17.9. The third-order valence-electron chi connectivity index (χ3n) is 8.38. The molecule has 4 aromatic rings. The van der Waals surface area contributed by atoms with Crippen LogP contribution < -0.4 is 16.0 Å². The van der Waals surface area contributed by atoms with E-state index in [-0.39, 0.29) is 37.5 Å². The number of amides is 3. The molecule has 1 atom stereocenters. The molecule has 15 nitrogen and oxygen atoms in total. The van der Waals surface area contributed by atoms with Crippen molar-refractivity contribution >= 4 is 29.3 Å². The van der Waals surface area contributed by atoms with E-state index in [0.717, 1.165) is 47.3 Å². The molecule has 1 unspecified atom stereocenters. The molecule has 0 aliphatic heterocycles. The summed E-state index contributed by atoms with van der Waals surface area (Å²) in [6.45, 7) is 10.1. The van der Waals surface area contributed by atoms with Gasteiger partial charge in [0.15, 0.2) is 5.15 Å². The summed E-state index contributed by atoms with van der Waals surface area (Å²) in [5, 5.41) is 23.2. The highest BCUT2D eigenvalue weighted by molar-refractivity contribution is 6.30. The standard InChI is InChI=1S/C38H52ClN9O6/c1-5-7-12-33-43-36(39)32(48(33)23-27-13-15-28(16-14-27)29-10-8-9-11-30(29)37-44-46-47-45-37)22-41-38(51)31(21-26(3)4)42-35(50)25-54-24-34(49)40-17-18-53-20-19-52-6-2/h8-11,13-16,26,31H,5-7,12,17-25H2,1-4H3,(H,40,49)(H,41,51)(H,42,50)(H,44,45,46,47). The van der Waals surface area contributed by atoms with Crippen molar-refractivity contribution in [3.63, 3.8) is 0 Å². The van der Waals surface area contributed by atoms with Crippen LogP contribution in [-0.2, 0) is 48.1 Å². The highest BCUT2D eigenvalue weighted by atomic mass is 35.5. The van der Waals surface area contributed by atoms with Crippen molar-refractivity contribution in [2.45, 2.75) is 72.5 Å². The summed E-state index contributed by atoms with van der Waals surface area (Å²) in [4.78, 5) is 43.0. The molecule has 0 aliphatic carbocycles. The average molecular weight is 766 g/mol. The summed E-state index contributed by atoms with van der Waals surface area (Å²) in [6, 6.07) is 15.3. The Morgan fingerprint density at radius 3 is 2.35 bits per heavy atom. The van der Waals surface area contributed by atoms with E-state index in [1.165, 1.54) is 0 Å². The van der Waals surface area contributed by atoms with Gasteiger partial charge in [-0.3, -0.25) is 14.4 Å². The molecule has 0 radical (unpaired) electrons. The van der Waals surface area contributed by atoms with Crippen LogP contribution in [0.15, 0.2) is 48.5 Å². The number of rotatable bonds is 24. The molecule has 0 fully saturated rings. The molecule has 0 spiro atoms. The number of carbonyl (C=O) groups is 3. The van der Waals surface area contributed by atoms with E-state index in [4.69, 9.17) is 25.8 Å². The number of halogens is 1. The summed E-state index contributed by atoms with van der Waals surface area (Å²) in [7, 11) is 0. The molecule has 0 aliphatic rings. The maximum Gasteiger partial charge on any atom is 0.246 e. The number of ether oxygens (including phenoxy) is 3. The van der Waals surface area contributed by atoms with E-state index in [0.29, 0.717) is 62.6 Å². The quantitative estimate of drug-likeness (QED) is 0.0757. The largest absolute Gasteiger partial charge is 0.379 e. The molecule has 0 bridgehead atoms. The van der Waals surface area contributed by atoms with Gasteiger partial charge in [0.2, 0.25) is 23.5 Å². The lowest BCUT2D eigenvalue weighted by Gasteiger charge is -2.21.